The molecule has 3 heterocycles. The van der Waals surface area contributed by atoms with Gasteiger partial charge in [-0.05, 0) is 25.8 Å². The number of carbonyl (C=O) groups is 1. The first-order chi connectivity index (χ1) is 11.6. The molecule has 24 heavy (non-hydrogen) atoms. The van der Waals surface area contributed by atoms with Gasteiger partial charge in [0.05, 0.1) is 24.0 Å². The number of amides is 1. The van der Waals surface area contributed by atoms with Crippen molar-refractivity contribution in [1.29, 1.82) is 0 Å². The SMILES string of the molecule is Cc1cnc(C(=O)NC[C@]2(O)CCCN(c3ncccn3)C2)cn1. The van der Waals surface area contributed by atoms with Gasteiger partial charge in [0, 0.05) is 31.7 Å². The van der Waals surface area contributed by atoms with Crippen molar-refractivity contribution < 1.29 is 9.90 Å². The van der Waals surface area contributed by atoms with Gasteiger partial charge in [-0.25, -0.2) is 15.0 Å². The van der Waals surface area contributed by atoms with E-state index < -0.39 is 5.60 Å². The van der Waals surface area contributed by atoms with E-state index in [2.05, 4.69) is 25.3 Å². The fourth-order valence-electron chi connectivity index (χ4n) is 2.73. The molecule has 0 radical (unpaired) electrons. The zero-order chi connectivity index (χ0) is 17.0. The number of carbonyl (C=O) groups excluding carboxylic acids is 1. The lowest BCUT2D eigenvalue weighted by Crippen LogP contribution is -2.54. The van der Waals surface area contributed by atoms with Crippen LogP contribution in [0.15, 0.2) is 30.9 Å². The lowest BCUT2D eigenvalue weighted by Gasteiger charge is -2.39. The molecule has 0 aromatic carbocycles. The Kier molecular flexibility index (Phi) is 4.66. The fourth-order valence-corrected chi connectivity index (χ4v) is 2.73. The molecule has 0 aliphatic carbocycles. The average Bonchev–Trinajstić information content (AvgIpc) is 2.61. The Morgan fingerprint density at radius 2 is 2.08 bits per heavy atom. The minimum atomic E-state index is -1.02. The Morgan fingerprint density at radius 1 is 1.29 bits per heavy atom. The first-order valence-electron chi connectivity index (χ1n) is 7.87. The number of aryl methyl sites for hydroxylation is 1. The van der Waals surface area contributed by atoms with Crippen LogP contribution in [-0.4, -0.2) is 56.2 Å². The van der Waals surface area contributed by atoms with Crippen molar-refractivity contribution >= 4 is 11.9 Å². The molecule has 0 bridgehead atoms. The van der Waals surface area contributed by atoms with Crippen LogP contribution in [0.25, 0.3) is 0 Å². The zero-order valence-corrected chi connectivity index (χ0v) is 13.5. The molecule has 1 aliphatic heterocycles. The number of piperidine rings is 1. The summed E-state index contributed by atoms with van der Waals surface area (Å²) in [4.78, 5) is 30.6. The van der Waals surface area contributed by atoms with Crippen molar-refractivity contribution in [3.63, 3.8) is 0 Å². The normalized spacial score (nSPS) is 20.7. The summed E-state index contributed by atoms with van der Waals surface area (Å²) in [5.41, 5.74) is -0.0372. The van der Waals surface area contributed by atoms with Crippen LogP contribution in [0.4, 0.5) is 5.95 Å². The Hall–Kier alpha value is -2.61. The van der Waals surface area contributed by atoms with Crippen LogP contribution in [0.2, 0.25) is 0 Å². The molecular formula is C16H20N6O2. The van der Waals surface area contributed by atoms with E-state index in [4.69, 9.17) is 0 Å². The lowest BCUT2D eigenvalue weighted by molar-refractivity contribution is 0.0251. The minimum absolute atomic E-state index is 0.144. The van der Waals surface area contributed by atoms with Gasteiger partial charge >= 0.3 is 0 Å². The smallest absolute Gasteiger partial charge is 0.271 e. The monoisotopic (exact) mass is 328 g/mol. The molecule has 2 aromatic rings. The summed E-state index contributed by atoms with van der Waals surface area (Å²) < 4.78 is 0. The van der Waals surface area contributed by atoms with Gasteiger partial charge in [0.2, 0.25) is 5.95 Å². The van der Waals surface area contributed by atoms with Gasteiger partial charge in [-0.15, -0.1) is 0 Å². The lowest BCUT2D eigenvalue weighted by atomic mass is 9.93. The van der Waals surface area contributed by atoms with Gasteiger partial charge in [-0.3, -0.25) is 9.78 Å². The molecule has 1 saturated heterocycles. The molecule has 1 aliphatic rings. The second-order valence-corrected chi connectivity index (χ2v) is 6.02. The summed E-state index contributed by atoms with van der Waals surface area (Å²) in [6, 6.07) is 1.75. The van der Waals surface area contributed by atoms with E-state index in [1.54, 1.807) is 31.6 Å². The second kappa shape index (κ2) is 6.88. The number of hydrogen-bond donors (Lipinski definition) is 2. The number of aromatic nitrogens is 4. The van der Waals surface area contributed by atoms with Crippen molar-refractivity contribution in [2.75, 3.05) is 24.5 Å². The summed E-state index contributed by atoms with van der Waals surface area (Å²) in [5.74, 6) is 0.246. The van der Waals surface area contributed by atoms with Crippen molar-refractivity contribution in [3.8, 4) is 0 Å². The Balaban J connectivity index is 1.61. The maximum absolute atomic E-state index is 12.1. The number of hydrogen-bond acceptors (Lipinski definition) is 7. The van der Waals surface area contributed by atoms with E-state index in [-0.39, 0.29) is 18.1 Å². The first-order valence-corrected chi connectivity index (χ1v) is 7.87. The molecule has 3 rings (SSSR count). The molecule has 2 N–H and O–H groups in total. The number of aliphatic hydroxyl groups is 1. The second-order valence-electron chi connectivity index (χ2n) is 6.02. The molecule has 0 spiro atoms. The minimum Gasteiger partial charge on any atom is -0.386 e. The van der Waals surface area contributed by atoms with E-state index in [0.717, 1.165) is 18.7 Å². The summed E-state index contributed by atoms with van der Waals surface area (Å²) >= 11 is 0. The van der Waals surface area contributed by atoms with Gasteiger partial charge in [0.15, 0.2) is 0 Å². The standard InChI is InChI=1S/C16H20N6O2/c1-12-8-20-13(9-19-12)14(23)21-10-16(24)4-2-7-22(11-16)15-17-5-3-6-18-15/h3,5-6,8-9,24H,2,4,7,10-11H2,1H3,(H,21,23)/t16-/m1/s1. The molecule has 0 unspecified atom stereocenters. The molecular weight excluding hydrogens is 308 g/mol. The number of rotatable bonds is 4. The maximum Gasteiger partial charge on any atom is 0.271 e. The molecule has 8 heteroatoms. The van der Waals surface area contributed by atoms with E-state index in [0.29, 0.717) is 18.9 Å². The highest BCUT2D eigenvalue weighted by Crippen LogP contribution is 2.23. The van der Waals surface area contributed by atoms with Gasteiger partial charge in [-0.1, -0.05) is 0 Å². The van der Waals surface area contributed by atoms with E-state index in [1.165, 1.54) is 6.20 Å². The third-order valence-electron chi connectivity index (χ3n) is 3.98. The maximum atomic E-state index is 12.1. The summed E-state index contributed by atoms with van der Waals surface area (Å²) in [6.45, 7) is 3.10. The van der Waals surface area contributed by atoms with Crippen LogP contribution >= 0.6 is 0 Å². The highest BCUT2D eigenvalue weighted by atomic mass is 16.3. The Bertz CT molecular complexity index is 693. The van der Waals surface area contributed by atoms with Gasteiger partial charge < -0.3 is 15.3 Å². The van der Waals surface area contributed by atoms with Gasteiger partial charge in [0.1, 0.15) is 5.69 Å². The molecule has 8 nitrogen and oxygen atoms in total. The third-order valence-corrected chi connectivity index (χ3v) is 3.98. The van der Waals surface area contributed by atoms with E-state index in [1.807, 2.05) is 4.90 Å². The summed E-state index contributed by atoms with van der Waals surface area (Å²) in [5, 5.41) is 13.5. The largest absolute Gasteiger partial charge is 0.386 e. The highest BCUT2D eigenvalue weighted by Gasteiger charge is 2.34. The molecule has 2 aromatic heterocycles. The number of anilines is 1. The molecule has 1 amide bonds. The van der Waals surface area contributed by atoms with Gasteiger partial charge in [0.25, 0.3) is 5.91 Å². The van der Waals surface area contributed by atoms with E-state index >= 15 is 0 Å². The van der Waals surface area contributed by atoms with Crippen molar-refractivity contribution in [2.45, 2.75) is 25.4 Å². The topological polar surface area (TPSA) is 104 Å². The van der Waals surface area contributed by atoms with Gasteiger partial charge in [-0.2, -0.15) is 0 Å². The first kappa shape index (κ1) is 16.3. The zero-order valence-electron chi connectivity index (χ0n) is 13.5. The molecule has 126 valence electrons. The third kappa shape index (κ3) is 3.83. The van der Waals surface area contributed by atoms with Crippen LogP contribution in [-0.2, 0) is 0 Å². The van der Waals surface area contributed by atoms with Crippen molar-refractivity contribution in [1.82, 2.24) is 25.3 Å². The number of β-amino-alcohol motifs (C(OH)–C–C–N with tert-alkyl or cyclic N) is 1. The van der Waals surface area contributed by atoms with Crippen LogP contribution < -0.4 is 10.2 Å². The Morgan fingerprint density at radius 3 is 2.79 bits per heavy atom. The predicted octanol–water partition coefficient (Wildman–Crippen LogP) is 0.336. The Labute approximate surface area is 140 Å². The van der Waals surface area contributed by atoms with E-state index in [9.17, 15) is 9.90 Å². The number of nitrogens with zero attached hydrogens (tertiary/aromatic N) is 5. The highest BCUT2D eigenvalue weighted by molar-refractivity contribution is 5.91. The molecule has 1 atom stereocenters. The quantitative estimate of drug-likeness (QED) is 0.834. The fraction of sp³-hybridized carbons (Fsp3) is 0.438. The predicted molar refractivity (Wildman–Crippen MR) is 87.5 cm³/mol. The molecule has 1 fully saturated rings. The average molecular weight is 328 g/mol. The van der Waals surface area contributed by atoms with Crippen LogP contribution in [0.3, 0.4) is 0 Å². The van der Waals surface area contributed by atoms with Crippen molar-refractivity contribution in [2.24, 2.45) is 0 Å². The van der Waals surface area contributed by atoms with Crippen molar-refractivity contribution in [3.05, 3.63) is 42.2 Å². The molecule has 0 saturated carbocycles. The van der Waals surface area contributed by atoms with Crippen LogP contribution in [0, 0.1) is 6.92 Å². The number of nitrogens with one attached hydrogen (secondary N) is 1. The van der Waals surface area contributed by atoms with Crippen LogP contribution in [0.5, 0.6) is 0 Å². The van der Waals surface area contributed by atoms with Crippen LogP contribution in [0.1, 0.15) is 29.0 Å². The summed E-state index contributed by atoms with van der Waals surface area (Å²) in [6.07, 6.45) is 7.73. The summed E-state index contributed by atoms with van der Waals surface area (Å²) in [7, 11) is 0.